The van der Waals surface area contributed by atoms with Crippen LogP contribution in [-0.2, 0) is 20.9 Å². The first-order valence-electron chi connectivity index (χ1n) is 5.69. The minimum absolute atomic E-state index is 0.0948. The van der Waals surface area contributed by atoms with Gasteiger partial charge in [0.1, 0.15) is 6.61 Å². The molecule has 0 saturated heterocycles. The lowest BCUT2D eigenvalue weighted by Crippen LogP contribution is -2.25. The van der Waals surface area contributed by atoms with E-state index in [1.807, 2.05) is 30.3 Å². The van der Waals surface area contributed by atoms with Gasteiger partial charge in [0, 0.05) is 0 Å². The molecule has 1 rings (SSSR count). The van der Waals surface area contributed by atoms with Gasteiger partial charge in [-0.05, 0) is 18.4 Å². The second kappa shape index (κ2) is 7.27. The van der Waals surface area contributed by atoms with Gasteiger partial charge < -0.3 is 9.84 Å². The van der Waals surface area contributed by atoms with Crippen molar-refractivity contribution in [3.63, 3.8) is 0 Å². The Morgan fingerprint density at radius 1 is 1.33 bits per heavy atom. The zero-order chi connectivity index (χ0) is 13.4. The van der Waals surface area contributed by atoms with Gasteiger partial charge in [0.2, 0.25) is 0 Å². The summed E-state index contributed by atoms with van der Waals surface area (Å²) < 4.78 is 4.99. The molecule has 0 radical (unpaired) electrons. The van der Waals surface area contributed by atoms with Gasteiger partial charge in [-0.3, -0.25) is 9.59 Å². The van der Waals surface area contributed by atoms with Crippen molar-refractivity contribution in [1.82, 2.24) is 0 Å². The fourth-order valence-corrected chi connectivity index (χ4v) is 1.46. The first-order valence-corrected chi connectivity index (χ1v) is 5.69. The van der Waals surface area contributed by atoms with Gasteiger partial charge in [-0.15, -0.1) is 6.58 Å². The molecule has 0 spiro atoms. The number of rotatable bonds is 7. The third-order valence-electron chi connectivity index (χ3n) is 2.47. The summed E-state index contributed by atoms with van der Waals surface area (Å²) in [4.78, 5) is 22.5. The molecular weight excluding hydrogens is 232 g/mol. The summed E-state index contributed by atoms with van der Waals surface area (Å²) in [7, 11) is 0. The number of benzene rings is 1. The summed E-state index contributed by atoms with van der Waals surface area (Å²) in [5.41, 5.74) is 0.832. The second-order valence-corrected chi connectivity index (χ2v) is 3.85. The third-order valence-corrected chi connectivity index (χ3v) is 2.47. The van der Waals surface area contributed by atoms with Gasteiger partial charge in [0.15, 0.2) is 5.92 Å². The van der Waals surface area contributed by atoms with Gasteiger partial charge >= 0.3 is 11.9 Å². The Bertz CT molecular complexity index is 411. The van der Waals surface area contributed by atoms with E-state index < -0.39 is 17.9 Å². The molecule has 0 aliphatic heterocycles. The second-order valence-electron chi connectivity index (χ2n) is 3.85. The molecule has 1 atom stereocenters. The van der Waals surface area contributed by atoms with Gasteiger partial charge in [-0.1, -0.05) is 36.4 Å². The number of allylic oxidation sites excluding steroid dienone is 1. The number of aliphatic carboxylic acids is 1. The predicted molar refractivity (Wildman–Crippen MR) is 66.8 cm³/mol. The summed E-state index contributed by atoms with van der Waals surface area (Å²) in [6.45, 7) is 3.59. The van der Waals surface area contributed by atoms with Crippen LogP contribution in [0, 0.1) is 5.92 Å². The lowest BCUT2D eigenvalue weighted by molar-refractivity contribution is -0.159. The molecule has 18 heavy (non-hydrogen) atoms. The molecule has 0 bridgehead atoms. The molecule has 4 heteroatoms. The highest BCUT2D eigenvalue weighted by Gasteiger charge is 2.26. The van der Waals surface area contributed by atoms with Crippen molar-refractivity contribution >= 4 is 11.9 Å². The molecular formula is C14H16O4. The Morgan fingerprint density at radius 3 is 2.56 bits per heavy atom. The lowest BCUT2D eigenvalue weighted by atomic mass is 10.0. The maximum atomic E-state index is 11.6. The molecule has 0 aliphatic rings. The van der Waals surface area contributed by atoms with Gasteiger partial charge in [-0.2, -0.15) is 0 Å². The zero-order valence-electron chi connectivity index (χ0n) is 10.0. The van der Waals surface area contributed by atoms with Crippen LogP contribution in [-0.4, -0.2) is 17.0 Å². The van der Waals surface area contributed by atoms with Crippen molar-refractivity contribution in [3.8, 4) is 0 Å². The predicted octanol–water partition coefficient (Wildman–Crippen LogP) is 2.40. The number of esters is 1. The maximum Gasteiger partial charge on any atom is 0.320 e. The van der Waals surface area contributed by atoms with Crippen molar-refractivity contribution in [2.75, 3.05) is 0 Å². The molecule has 0 amide bonds. The minimum atomic E-state index is -1.16. The number of carboxylic acid groups (broad SMARTS) is 1. The Balaban J connectivity index is 2.51. The topological polar surface area (TPSA) is 63.6 Å². The molecule has 96 valence electrons. The first-order chi connectivity index (χ1) is 8.65. The van der Waals surface area contributed by atoms with E-state index in [1.165, 1.54) is 0 Å². The van der Waals surface area contributed by atoms with Crippen LogP contribution in [0.4, 0.5) is 0 Å². The summed E-state index contributed by atoms with van der Waals surface area (Å²) in [5.74, 6) is -2.98. The Labute approximate surface area is 106 Å². The zero-order valence-corrected chi connectivity index (χ0v) is 10.0. The van der Waals surface area contributed by atoms with Gasteiger partial charge in [0.25, 0.3) is 0 Å². The fourth-order valence-electron chi connectivity index (χ4n) is 1.46. The van der Waals surface area contributed by atoms with Crippen LogP contribution < -0.4 is 0 Å². The first kappa shape index (κ1) is 14.0. The minimum Gasteiger partial charge on any atom is -0.481 e. The average molecular weight is 248 g/mol. The van der Waals surface area contributed by atoms with E-state index in [0.29, 0.717) is 6.42 Å². The molecule has 0 saturated carbocycles. The number of hydrogen-bond acceptors (Lipinski definition) is 3. The molecule has 1 N–H and O–H groups in total. The average Bonchev–Trinajstić information content (AvgIpc) is 2.37. The van der Waals surface area contributed by atoms with Crippen LogP contribution in [0.1, 0.15) is 18.4 Å². The van der Waals surface area contributed by atoms with E-state index in [9.17, 15) is 9.59 Å². The standard InChI is InChI=1S/C14H16O4/c1-2-3-9-12(13(15)16)14(17)18-10-11-7-5-4-6-8-11/h2,4-8,12H,1,3,9-10H2,(H,15,16). The normalized spacial score (nSPS) is 11.6. The van der Waals surface area contributed by atoms with Crippen molar-refractivity contribution in [1.29, 1.82) is 0 Å². The molecule has 0 heterocycles. The smallest absolute Gasteiger partial charge is 0.320 e. The lowest BCUT2D eigenvalue weighted by Gasteiger charge is -2.11. The van der Waals surface area contributed by atoms with Crippen LogP contribution in [0.5, 0.6) is 0 Å². The monoisotopic (exact) mass is 248 g/mol. The number of ether oxygens (including phenoxy) is 1. The molecule has 4 nitrogen and oxygen atoms in total. The maximum absolute atomic E-state index is 11.6. The number of carbonyl (C=O) groups is 2. The molecule has 1 unspecified atom stereocenters. The summed E-state index contributed by atoms with van der Waals surface area (Å²) in [5, 5.41) is 8.93. The van der Waals surface area contributed by atoms with E-state index in [1.54, 1.807) is 6.08 Å². The van der Waals surface area contributed by atoms with Crippen molar-refractivity contribution in [2.24, 2.45) is 5.92 Å². The molecule has 1 aromatic rings. The van der Waals surface area contributed by atoms with E-state index in [-0.39, 0.29) is 13.0 Å². The van der Waals surface area contributed by atoms with E-state index in [2.05, 4.69) is 6.58 Å². The van der Waals surface area contributed by atoms with E-state index in [4.69, 9.17) is 9.84 Å². The highest BCUT2D eigenvalue weighted by molar-refractivity contribution is 5.93. The number of hydrogen-bond donors (Lipinski definition) is 1. The van der Waals surface area contributed by atoms with Gasteiger partial charge in [0.05, 0.1) is 0 Å². The molecule has 0 fully saturated rings. The van der Waals surface area contributed by atoms with Crippen LogP contribution in [0.15, 0.2) is 43.0 Å². The van der Waals surface area contributed by atoms with Crippen LogP contribution in [0.2, 0.25) is 0 Å². The van der Waals surface area contributed by atoms with E-state index in [0.717, 1.165) is 5.56 Å². The Hall–Kier alpha value is -2.10. The summed E-state index contributed by atoms with van der Waals surface area (Å²) >= 11 is 0. The van der Waals surface area contributed by atoms with Crippen molar-refractivity contribution in [3.05, 3.63) is 48.6 Å². The van der Waals surface area contributed by atoms with Crippen molar-refractivity contribution in [2.45, 2.75) is 19.4 Å². The Morgan fingerprint density at radius 2 is 2.00 bits per heavy atom. The van der Waals surface area contributed by atoms with Crippen LogP contribution in [0.3, 0.4) is 0 Å². The SMILES string of the molecule is C=CCCC(C(=O)O)C(=O)OCc1ccccc1. The summed E-state index contributed by atoms with van der Waals surface area (Å²) in [6.07, 6.45) is 2.27. The van der Waals surface area contributed by atoms with E-state index >= 15 is 0 Å². The van der Waals surface area contributed by atoms with Crippen molar-refractivity contribution < 1.29 is 19.4 Å². The van der Waals surface area contributed by atoms with Crippen LogP contribution >= 0.6 is 0 Å². The highest BCUT2D eigenvalue weighted by Crippen LogP contribution is 2.11. The summed E-state index contributed by atoms with van der Waals surface area (Å²) in [6, 6.07) is 9.14. The Kier molecular flexibility index (Phi) is 5.64. The molecule has 0 aliphatic carbocycles. The quantitative estimate of drug-likeness (QED) is 0.457. The van der Waals surface area contributed by atoms with Crippen LogP contribution in [0.25, 0.3) is 0 Å². The largest absolute Gasteiger partial charge is 0.481 e. The molecule has 0 aromatic heterocycles. The third kappa shape index (κ3) is 4.41. The number of carboxylic acids is 1. The highest BCUT2D eigenvalue weighted by atomic mass is 16.5. The number of carbonyl (C=O) groups excluding carboxylic acids is 1. The molecule has 1 aromatic carbocycles. The fraction of sp³-hybridized carbons (Fsp3) is 0.286. The van der Waals surface area contributed by atoms with Gasteiger partial charge in [-0.25, -0.2) is 0 Å².